The van der Waals surface area contributed by atoms with Crippen molar-refractivity contribution in [3.05, 3.63) is 28.8 Å². The smallest absolute Gasteiger partial charge is 0.255 e. The standard InChI is InChI=1S/C16H23ClN2O2/c1-11(2)21-15-4-3-13(17)9-14(15)16(20)19-8-6-12-5-7-18-10-12/h3-4,9,11-12,18H,5-8,10H2,1-2H3,(H,19,20). The fourth-order valence-corrected chi connectivity index (χ4v) is 2.65. The fraction of sp³-hybridized carbons (Fsp3) is 0.562. The van der Waals surface area contributed by atoms with Crippen LogP contribution in [0.4, 0.5) is 0 Å². The van der Waals surface area contributed by atoms with E-state index in [0.29, 0.717) is 28.8 Å². The summed E-state index contributed by atoms with van der Waals surface area (Å²) in [6.07, 6.45) is 2.20. The van der Waals surface area contributed by atoms with Crippen molar-refractivity contribution < 1.29 is 9.53 Å². The molecule has 1 aliphatic heterocycles. The Morgan fingerprint density at radius 3 is 3.00 bits per heavy atom. The number of ether oxygens (including phenoxy) is 1. The van der Waals surface area contributed by atoms with Gasteiger partial charge in [-0.15, -0.1) is 0 Å². The molecule has 0 aromatic heterocycles. The van der Waals surface area contributed by atoms with Gasteiger partial charge in [-0.2, -0.15) is 0 Å². The van der Waals surface area contributed by atoms with E-state index in [9.17, 15) is 4.79 Å². The maximum atomic E-state index is 12.3. The van der Waals surface area contributed by atoms with Gasteiger partial charge in [0.05, 0.1) is 11.7 Å². The molecule has 1 fully saturated rings. The average Bonchev–Trinajstić information content (AvgIpc) is 2.93. The molecule has 0 spiro atoms. The van der Waals surface area contributed by atoms with Gasteiger partial charge in [0, 0.05) is 11.6 Å². The first-order valence-corrected chi connectivity index (χ1v) is 7.89. The summed E-state index contributed by atoms with van der Waals surface area (Å²) in [5.74, 6) is 1.12. The molecule has 0 saturated carbocycles. The Hall–Kier alpha value is -1.26. The molecule has 2 N–H and O–H groups in total. The van der Waals surface area contributed by atoms with E-state index in [1.165, 1.54) is 6.42 Å². The SMILES string of the molecule is CC(C)Oc1ccc(Cl)cc1C(=O)NCCC1CCNC1. The maximum absolute atomic E-state index is 12.3. The first-order valence-electron chi connectivity index (χ1n) is 7.51. The second-order valence-electron chi connectivity index (χ2n) is 5.71. The van der Waals surface area contributed by atoms with Crippen LogP contribution in [0.3, 0.4) is 0 Å². The van der Waals surface area contributed by atoms with Gasteiger partial charge in [0.15, 0.2) is 0 Å². The minimum Gasteiger partial charge on any atom is -0.490 e. The molecule has 1 aromatic rings. The summed E-state index contributed by atoms with van der Waals surface area (Å²) >= 11 is 5.99. The number of halogens is 1. The molecule has 1 unspecified atom stereocenters. The van der Waals surface area contributed by atoms with E-state index >= 15 is 0 Å². The Labute approximate surface area is 131 Å². The lowest BCUT2D eigenvalue weighted by Crippen LogP contribution is -2.27. The minimum atomic E-state index is -0.126. The predicted molar refractivity (Wildman–Crippen MR) is 85.1 cm³/mol. The van der Waals surface area contributed by atoms with Crippen LogP contribution in [0.25, 0.3) is 0 Å². The topological polar surface area (TPSA) is 50.4 Å². The summed E-state index contributed by atoms with van der Waals surface area (Å²) in [7, 11) is 0. The first kappa shape index (κ1) is 16.1. The van der Waals surface area contributed by atoms with Crippen LogP contribution < -0.4 is 15.4 Å². The summed E-state index contributed by atoms with van der Waals surface area (Å²) in [6, 6.07) is 5.14. The average molecular weight is 311 g/mol. The maximum Gasteiger partial charge on any atom is 0.255 e. The molecule has 0 bridgehead atoms. The second-order valence-corrected chi connectivity index (χ2v) is 6.15. The first-order chi connectivity index (χ1) is 10.1. The molecule has 1 saturated heterocycles. The van der Waals surface area contributed by atoms with Crippen molar-refractivity contribution in [3.8, 4) is 5.75 Å². The quantitative estimate of drug-likeness (QED) is 0.849. The molecule has 0 radical (unpaired) electrons. The number of rotatable bonds is 6. The normalized spacial score (nSPS) is 18.0. The van der Waals surface area contributed by atoms with E-state index in [1.54, 1.807) is 18.2 Å². The van der Waals surface area contributed by atoms with Crippen LogP contribution >= 0.6 is 11.6 Å². The second kappa shape index (κ2) is 7.66. The van der Waals surface area contributed by atoms with Crippen molar-refractivity contribution in [2.45, 2.75) is 32.8 Å². The van der Waals surface area contributed by atoms with Gasteiger partial charge < -0.3 is 15.4 Å². The van der Waals surface area contributed by atoms with Gasteiger partial charge >= 0.3 is 0 Å². The molecular formula is C16H23ClN2O2. The van der Waals surface area contributed by atoms with Gasteiger partial charge in [-0.25, -0.2) is 0 Å². The Morgan fingerprint density at radius 1 is 1.52 bits per heavy atom. The van der Waals surface area contributed by atoms with Crippen LogP contribution in [-0.2, 0) is 0 Å². The van der Waals surface area contributed by atoms with Gasteiger partial charge in [-0.3, -0.25) is 4.79 Å². The van der Waals surface area contributed by atoms with Gasteiger partial charge in [0.2, 0.25) is 0 Å². The fourth-order valence-electron chi connectivity index (χ4n) is 2.48. The van der Waals surface area contributed by atoms with Crippen LogP contribution in [0, 0.1) is 5.92 Å². The Bertz CT molecular complexity index is 485. The van der Waals surface area contributed by atoms with E-state index in [2.05, 4.69) is 10.6 Å². The lowest BCUT2D eigenvalue weighted by atomic mass is 10.1. The van der Waals surface area contributed by atoms with E-state index in [1.807, 2.05) is 13.8 Å². The third kappa shape index (κ3) is 4.90. The van der Waals surface area contributed by atoms with Crippen LogP contribution in [0.15, 0.2) is 18.2 Å². The Morgan fingerprint density at radius 2 is 2.33 bits per heavy atom. The van der Waals surface area contributed by atoms with Crippen LogP contribution in [0.2, 0.25) is 5.02 Å². The summed E-state index contributed by atoms with van der Waals surface area (Å²) in [4.78, 5) is 12.3. The minimum absolute atomic E-state index is 0.0160. The number of benzene rings is 1. The van der Waals surface area contributed by atoms with Gasteiger partial charge in [0.1, 0.15) is 5.75 Å². The van der Waals surface area contributed by atoms with Crippen molar-refractivity contribution in [1.82, 2.24) is 10.6 Å². The number of carbonyl (C=O) groups excluding carboxylic acids is 1. The zero-order valence-corrected chi connectivity index (χ0v) is 13.4. The molecule has 2 rings (SSSR count). The van der Waals surface area contributed by atoms with Gasteiger partial charge in [-0.05, 0) is 63.9 Å². The molecule has 4 nitrogen and oxygen atoms in total. The van der Waals surface area contributed by atoms with Gasteiger partial charge in [0.25, 0.3) is 5.91 Å². The van der Waals surface area contributed by atoms with Crippen molar-refractivity contribution >= 4 is 17.5 Å². The van der Waals surface area contributed by atoms with Crippen LogP contribution in [0.1, 0.15) is 37.0 Å². The number of hydrogen-bond acceptors (Lipinski definition) is 3. The highest BCUT2D eigenvalue weighted by molar-refractivity contribution is 6.31. The van der Waals surface area contributed by atoms with Crippen molar-refractivity contribution in [2.75, 3.05) is 19.6 Å². The molecule has 21 heavy (non-hydrogen) atoms. The highest BCUT2D eigenvalue weighted by Crippen LogP contribution is 2.24. The Balaban J connectivity index is 1.94. The molecule has 1 aromatic carbocycles. The zero-order chi connectivity index (χ0) is 15.2. The van der Waals surface area contributed by atoms with Crippen LogP contribution in [-0.4, -0.2) is 31.6 Å². The lowest BCUT2D eigenvalue weighted by Gasteiger charge is -2.15. The van der Waals surface area contributed by atoms with Gasteiger partial charge in [-0.1, -0.05) is 11.6 Å². The summed E-state index contributed by atoms with van der Waals surface area (Å²) < 4.78 is 5.67. The highest BCUT2D eigenvalue weighted by atomic mass is 35.5. The van der Waals surface area contributed by atoms with E-state index in [0.717, 1.165) is 19.5 Å². The summed E-state index contributed by atoms with van der Waals surface area (Å²) in [5, 5.41) is 6.83. The number of amides is 1. The number of carbonyl (C=O) groups is 1. The van der Waals surface area contributed by atoms with Crippen molar-refractivity contribution in [1.29, 1.82) is 0 Å². The predicted octanol–water partition coefficient (Wildman–Crippen LogP) is 2.86. The zero-order valence-electron chi connectivity index (χ0n) is 12.6. The monoisotopic (exact) mass is 310 g/mol. The van der Waals surface area contributed by atoms with Crippen molar-refractivity contribution in [2.24, 2.45) is 5.92 Å². The van der Waals surface area contributed by atoms with Crippen molar-refractivity contribution in [3.63, 3.8) is 0 Å². The molecule has 1 heterocycles. The molecule has 0 aliphatic carbocycles. The molecule has 5 heteroatoms. The highest BCUT2D eigenvalue weighted by Gasteiger charge is 2.17. The van der Waals surface area contributed by atoms with E-state index in [-0.39, 0.29) is 12.0 Å². The third-order valence-corrected chi connectivity index (χ3v) is 3.78. The number of hydrogen-bond donors (Lipinski definition) is 2. The largest absolute Gasteiger partial charge is 0.490 e. The summed E-state index contributed by atoms with van der Waals surface area (Å²) in [5.41, 5.74) is 0.501. The molecule has 116 valence electrons. The molecule has 1 amide bonds. The summed E-state index contributed by atoms with van der Waals surface area (Å²) in [6.45, 7) is 6.68. The molecule has 1 aliphatic rings. The van der Waals surface area contributed by atoms with Crippen LogP contribution in [0.5, 0.6) is 5.75 Å². The third-order valence-electron chi connectivity index (χ3n) is 3.55. The van der Waals surface area contributed by atoms with E-state index in [4.69, 9.17) is 16.3 Å². The molecular weight excluding hydrogens is 288 g/mol. The Kier molecular flexibility index (Phi) is 5.88. The lowest BCUT2D eigenvalue weighted by molar-refractivity contribution is 0.0946. The molecule has 1 atom stereocenters. The van der Waals surface area contributed by atoms with E-state index < -0.39 is 0 Å². The number of nitrogens with one attached hydrogen (secondary N) is 2.